The molecule has 1 atom stereocenters. The molecule has 2 nitrogen and oxygen atoms in total. The van der Waals surface area contributed by atoms with Crippen LogP contribution < -0.4 is 0 Å². The molecule has 1 aliphatic heterocycles. The Labute approximate surface area is 91.8 Å². The van der Waals surface area contributed by atoms with Gasteiger partial charge in [-0.15, -0.1) is 0 Å². The Hall–Kier alpha value is -1.44. The lowest BCUT2D eigenvalue weighted by Crippen LogP contribution is -1.96. The van der Waals surface area contributed by atoms with Crippen LogP contribution in [-0.2, 0) is 0 Å². The Balaban J connectivity index is 2.51. The molecule has 2 heteroatoms. The van der Waals surface area contributed by atoms with E-state index in [9.17, 15) is 0 Å². The van der Waals surface area contributed by atoms with Crippen molar-refractivity contribution in [1.29, 1.82) is 0 Å². The first kappa shape index (κ1) is 11.6. The first-order valence-electron chi connectivity index (χ1n) is 5.34. The van der Waals surface area contributed by atoms with E-state index in [-0.39, 0.29) is 0 Å². The molecular weight excluding hydrogens is 184 g/mol. The van der Waals surface area contributed by atoms with Crippen molar-refractivity contribution in [3.63, 3.8) is 0 Å². The predicted molar refractivity (Wildman–Crippen MR) is 67.4 cm³/mol. The van der Waals surface area contributed by atoms with Crippen molar-refractivity contribution in [3.8, 4) is 0 Å². The van der Waals surface area contributed by atoms with E-state index in [1.807, 2.05) is 25.4 Å². The van der Waals surface area contributed by atoms with Gasteiger partial charge in [0, 0.05) is 37.2 Å². The molecule has 1 aliphatic rings. The second-order valence-corrected chi connectivity index (χ2v) is 3.52. The van der Waals surface area contributed by atoms with Gasteiger partial charge in [-0.1, -0.05) is 31.2 Å². The van der Waals surface area contributed by atoms with Crippen LogP contribution in [0.1, 0.15) is 26.7 Å². The van der Waals surface area contributed by atoms with Gasteiger partial charge in [0.2, 0.25) is 0 Å². The standard InChI is InChI=1S/C13H18N2/c1-3-14-10-5-8-13-7-4-6-12(2)9-11-15-13/h3-6,9-12H,7-8H2,1-2H3/b6-4-,10-5+,11-9-,14-3?,15-13?. The molecule has 1 unspecified atom stereocenters. The van der Waals surface area contributed by atoms with Crippen LogP contribution in [0, 0.1) is 5.92 Å². The molecule has 0 aromatic carbocycles. The Morgan fingerprint density at radius 3 is 3.20 bits per heavy atom. The lowest BCUT2D eigenvalue weighted by molar-refractivity contribution is 0.926. The van der Waals surface area contributed by atoms with E-state index >= 15 is 0 Å². The largest absolute Gasteiger partial charge is 0.270 e. The minimum Gasteiger partial charge on any atom is -0.270 e. The van der Waals surface area contributed by atoms with E-state index in [1.165, 1.54) is 5.71 Å². The van der Waals surface area contributed by atoms with Gasteiger partial charge in [0.25, 0.3) is 0 Å². The quantitative estimate of drug-likeness (QED) is 0.494. The summed E-state index contributed by atoms with van der Waals surface area (Å²) in [6, 6.07) is 0. The maximum Gasteiger partial charge on any atom is 0.0254 e. The third-order valence-electron chi connectivity index (χ3n) is 2.13. The number of rotatable bonds is 3. The maximum atomic E-state index is 4.41. The van der Waals surface area contributed by atoms with Crippen LogP contribution in [0.3, 0.4) is 0 Å². The molecule has 1 heterocycles. The number of nitrogens with zero attached hydrogens (tertiary/aromatic N) is 2. The van der Waals surface area contributed by atoms with Crippen molar-refractivity contribution in [2.45, 2.75) is 26.7 Å². The molecule has 0 saturated carbocycles. The van der Waals surface area contributed by atoms with Crippen molar-refractivity contribution in [2.75, 3.05) is 0 Å². The summed E-state index contributed by atoms with van der Waals surface area (Å²) in [5.74, 6) is 0.496. The molecule has 0 saturated heterocycles. The monoisotopic (exact) mass is 202 g/mol. The van der Waals surface area contributed by atoms with Crippen LogP contribution in [-0.4, -0.2) is 11.9 Å². The van der Waals surface area contributed by atoms with Gasteiger partial charge in [-0.3, -0.25) is 9.98 Å². The SMILES string of the molecule is CC=N/C=C/CC1=N/C=C\C(C)/C=C\C1. The average molecular weight is 202 g/mol. The molecule has 0 fully saturated rings. The Morgan fingerprint density at radius 1 is 1.53 bits per heavy atom. The predicted octanol–water partition coefficient (Wildman–Crippen LogP) is 3.53. The highest BCUT2D eigenvalue weighted by Crippen LogP contribution is 2.07. The van der Waals surface area contributed by atoms with Crippen LogP contribution in [0.15, 0.2) is 46.7 Å². The van der Waals surface area contributed by atoms with Crippen molar-refractivity contribution in [3.05, 3.63) is 36.7 Å². The summed E-state index contributed by atoms with van der Waals surface area (Å²) in [6.07, 6.45) is 15.8. The van der Waals surface area contributed by atoms with Crippen molar-refractivity contribution in [1.82, 2.24) is 0 Å². The molecule has 0 aromatic heterocycles. The third kappa shape index (κ3) is 5.11. The summed E-state index contributed by atoms with van der Waals surface area (Å²) in [6.45, 7) is 4.06. The molecular formula is C13H18N2. The molecule has 0 radical (unpaired) electrons. The number of hydrogen-bond donors (Lipinski definition) is 0. The summed E-state index contributed by atoms with van der Waals surface area (Å²) in [7, 11) is 0. The summed E-state index contributed by atoms with van der Waals surface area (Å²) < 4.78 is 0. The van der Waals surface area contributed by atoms with Crippen molar-refractivity contribution < 1.29 is 0 Å². The first-order valence-corrected chi connectivity index (χ1v) is 5.34. The highest BCUT2D eigenvalue weighted by atomic mass is 14.7. The van der Waals surface area contributed by atoms with E-state index in [0.29, 0.717) is 5.92 Å². The normalized spacial score (nSPS) is 26.3. The second-order valence-electron chi connectivity index (χ2n) is 3.52. The Bertz CT molecular complexity index is 319. The van der Waals surface area contributed by atoms with E-state index < -0.39 is 0 Å². The zero-order chi connectivity index (χ0) is 10.9. The van der Waals surface area contributed by atoms with Gasteiger partial charge in [0.05, 0.1) is 0 Å². The van der Waals surface area contributed by atoms with Gasteiger partial charge >= 0.3 is 0 Å². The van der Waals surface area contributed by atoms with E-state index in [2.05, 4.69) is 35.1 Å². The molecule has 15 heavy (non-hydrogen) atoms. The summed E-state index contributed by atoms with van der Waals surface area (Å²) in [5, 5.41) is 0. The maximum absolute atomic E-state index is 4.41. The molecule has 0 bridgehead atoms. The average Bonchev–Trinajstić information content (AvgIpc) is 2.20. The minimum atomic E-state index is 0.496. The highest BCUT2D eigenvalue weighted by molar-refractivity contribution is 5.87. The molecule has 0 aliphatic carbocycles. The minimum absolute atomic E-state index is 0.496. The van der Waals surface area contributed by atoms with Gasteiger partial charge in [-0.25, -0.2) is 0 Å². The topological polar surface area (TPSA) is 24.7 Å². The zero-order valence-corrected chi connectivity index (χ0v) is 9.43. The highest BCUT2D eigenvalue weighted by Gasteiger charge is 1.97. The smallest absolute Gasteiger partial charge is 0.0254 e. The Kier molecular flexibility index (Phi) is 5.38. The van der Waals surface area contributed by atoms with Crippen LogP contribution in [0.4, 0.5) is 0 Å². The van der Waals surface area contributed by atoms with E-state index in [1.54, 1.807) is 6.21 Å². The molecule has 0 aromatic rings. The van der Waals surface area contributed by atoms with Gasteiger partial charge in [-0.2, -0.15) is 0 Å². The summed E-state index contributed by atoms with van der Waals surface area (Å²) in [4.78, 5) is 8.43. The van der Waals surface area contributed by atoms with Crippen molar-refractivity contribution >= 4 is 11.9 Å². The van der Waals surface area contributed by atoms with Gasteiger partial charge in [-0.05, 0) is 12.8 Å². The molecule has 1 rings (SSSR count). The fourth-order valence-electron chi connectivity index (χ4n) is 1.29. The van der Waals surface area contributed by atoms with Crippen LogP contribution >= 0.6 is 0 Å². The second kappa shape index (κ2) is 6.93. The molecule has 0 N–H and O–H groups in total. The van der Waals surface area contributed by atoms with Crippen LogP contribution in [0.5, 0.6) is 0 Å². The molecule has 0 spiro atoms. The lowest BCUT2D eigenvalue weighted by Gasteiger charge is -2.03. The fourth-order valence-corrected chi connectivity index (χ4v) is 1.29. The molecule has 80 valence electrons. The third-order valence-corrected chi connectivity index (χ3v) is 2.13. The zero-order valence-electron chi connectivity index (χ0n) is 9.43. The van der Waals surface area contributed by atoms with Gasteiger partial charge < -0.3 is 0 Å². The lowest BCUT2D eigenvalue weighted by atomic mass is 10.1. The van der Waals surface area contributed by atoms with Gasteiger partial charge in [0.1, 0.15) is 0 Å². The fraction of sp³-hybridized carbons (Fsp3) is 0.385. The summed E-state index contributed by atoms with van der Waals surface area (Å²) in [5.41, 5.74) is 1.18. The van der Waals surface area contributed by atoms with Crippen molar-refractivity contribution in [2.24, 2.45) is 15.9 Å². The van der Waals surface area contributed by atoms with Crippen LogP contribution in [0.2, 0.25) is 0 Å². The van der Waals surface area contributed by atoms with Crippen LogP contribution in [0.25, 0.3) is 0 Å². The Morgan fingerprint density at radius 2 is 2.40 bits per heavy atom. The number of allylic oxidation sites excluding steroid dienone is 4. The number of aliphatic imine (C=N–C) groups is 2. The first-order chi connectivity index (χ1) is 7.33. The number of hydrogen-bond acceptors (Lipinski definition) is 2. The molecule has 0 amide bonds. The van der Waals surface area contributed by atoms with E-state index in [4.69, 9.17) is 0 Å². The van der Waals surface area contributed by atoms with E-state index in [0.717, 1.165) is 12.8 Å². The van der Waals surface area contributed by atoms with Gasteiger partial charge in [0.15, 0.2) is 0 Å². The summed E-state index contributed by atoms with van der Waals surface area (Å²) >= 11 is 0.